The number of rotatable bonds is 6. The van der Waals surface area contributed by atoms with Gasteiger partial charge < -0.3 is 14.0 Å². The quantitative estimate of drug-likeness (QED) is 0.515. The molecule has 29 heavy (non-hydrogen) atoms. The molecule has 160 valence electrons. The molecule has 1 fully saturated rings. The molecule has 2 aliphatic rings. The highest BCUT2D eigenvalue weighted by atomic mass is 28.3. The van der Waals surface area contributed by atoms with Crippen LogP contribution in [0.25, 0.3) is 0 Å². The van der Waals surface area contributed by atoms with Gasteiger partial charge in [-0.1, -0.05) is 31.8 Å². The second-order valence-electron chi connectivity index (χ2n) is 10.0. The number of halogens is 2. The number of nitrogens with zero attached hydrogens (tertiary/aromatic N) is 1. The maximum atomic E-state index is 14.7. The third-order valence-corrected chi connectivity index (χ3v) is 7.61. The van der Waals surface area contributed by atoms with Crippen LogP contribution in [0.5, 0.6) is 0 Å². The maximum absolute atomic E-state index is 14.7. The minimum atomic E-state index is -3.60. The number of carbonyl (C=O) groups excluding carboxylic acids is 1. The Labute approximate surface area is 172 Å². The maximum Gasteiger partial charge on any atom is 0.494 e. The van der Waals surface area contributed by atoms with E-state index in [-0.39, 0.29) is 18.0 Å². The lowest BCUT2D eigenvalue weighted by Gasteiger charge is -2.32. The molecule has 2 heterocycles. The van der Waals surface area contributed by atoms with Crippen LogP contribution in [0.1, 0.15) is 33.3 Å². The van der Waals surface area contributed by atoms with Crippen LogP contribution in [0.15, 0.2) is 18.2 Å². The van der Waals surface area contributed by atoms with E-state index in [4.69, 9.17) is 14.0 Å². The molecule has 0 saturated carbocycles. The predicted molar refractivity (Wildman–Crippen MR) is 113 cm³/mol. The summed E-state index contributed by atoms with van der Waals surface area (Å²) in [5.74, 6) is -4.86. The Morgan fingerprint density at radius 1 is 1.10 bits per heavy atom. The van der Waals surface area contributed by atoms with Gasteiger partial charge in [0.1, 0.15) is 6.73 Å². The molecule has 1 saturated heterocycles. The van der Waals surface area contributed by atoms with Crippen LogP contribution in [-0.4, -0.2) is 45.6 Å². The largest absolute Gasteiger partial charge is 0.494 e. The molecule has 0 aromatic heterocycles. The number of hydrogen-bond acceptors (Lipinski definition) is 4. The van der Waals surface area contributed by atoms with Crippen molar-refractivity contribution in [1.82, 2.24) is 0 Å². The standard InChI is InChI=1S/C20H30BF2NO4Si/c1-18(2)19(3,4)28-21(27-18)14-8-9-16-15(12-14)20(22,23)17(25)24(16)13-26-10-11-29(5,6)7/h8-9,12H,10-11,13H2,1-7H3. The fourth-order valence-electron chi connectivity index (χ4n) is 3.22. The first-order valence-electron chi connectivity index (χ1n) is 9.93. The first-order chi connectivity index (χ1) is 13.2. The summed E-state index contributed by atoms with van der Waals surface area (Å²) in [6.07, 6.45) is 0. The predicted octanol–water partition coefficient (Wildman–Crippen LogP) is 3.74. The average Bonchev–Trinajstić information content (AvgIpc) is 2.91. The van der Waals surface area contributed by atoms with Crippen LogP contribution >= 0.6 is 0 Å². The zero-order chi connectivity index (χ0) is 21.8. The molecule has 0 N–H and O–H groups in total. The van der Waals surface area contributed by atoms with Gasteiger partial charge in [-0.3, -0.25) is 9.69 Å². The first-order valence-corrected chi connectivity index (χ1v) is 13.6. The van der Waals surface area contributed by atoms with E-state index < -0.39 is 38.2 Å². The first kappa shape index (κ1) is 22.4. The van der Waals surface area contributed by atoms with Gasteiger partial charge in [0.05, 0.1) is 22.5 Å². The highest BCUT2D eigenvalue weighted by Crippen LogP contribution is 2.44. The van der Waals surface area contributed by atoms with E-state index in [1.807, 2.05) is 27.7 Å². The molecule has 1 aromatic carbocycles. The van der Waals surface area contributed by atoms with Crippen molar-refractivity contribution in [2.24, 2.45) is 0 Å². The Kier molecular flexibility index (Phi) is 5.52. The summed E-state index contributed by atoms with van der Waals surface area (Å²) in [4.78, 5) is 13.4. The SMILES string of the molecule is CC1(C)OB(c2ccc3c(c2)C(F)(F)C(=O)N3COCC[Si](C)(C)C)OC1(C)C. The molecule has 1 amide bonds. The van der Waals surface area contributed by atoms with Gasteiger partial charge in [0.2, 0.25) is 0 Å². The van der Waals surface area contributed by atoms with E-state index in [0.29, 0.717) is 12.1 Å². The number of carbonyl (C=O) groups is 1. The summed E-state index contributed by atoms with van der Waals surface area (Å²) in [5, 5.41) is 0. The number of alkyl halides is 2. The average molecular weight is 425 g/mol. The molecular formula is C20H30BF2NO4Si. The highest BCUT2D eigenvalue weighted by molar-refractivity contribution is 6.76. The van der Waals surface area contributed by atoms with E-state index in [1.165, 1.54) is 12.1 Å². The van der Waals surface area contributed by atoms with Crippen LogP contribution in [-0.2, 0) is 24.8 Å². The molecular weight excluding hydrogens is 395 g/mol. The Bertz CT molecular complexity index is 794. The molecule has 3 rings (SSSR count). The number of benzene rings is 1. The number of anilines is 1. The second-order valence-corrected chi connectivity index (χ2v) is 15.6. The molecule has 0 radical (unpaired) electrons. The van der Waals surface area contributed by atoms with Gasteiger partial charge >= 0.3 is 18.9 Å². The zero-order valence-corrected chi connectivity index (χ0v) is 19.3. The lowest BCUT2D eigenvalue weighted by atomic mass is 9.78. The minimum absolute atomic E-state index is 0.174. The number of fused-ring (bicyclic) bond motifs is 1. The van der Waals surface area contributed by atoms with Gasteiger partial charge in [-0.15, -0.1) is 0 Å². The van der Waals surface area contributed by atoms with Gasteiger partial charge in [-0.05, 0) is 45.3 Å². The van der Waals surface area contributed by atoms with Gasteiger partial charge in [-0.2, -0.15) is 8.78 Å². The molecule has 0 atom stereocenters. The normalized spacial score (nSPS) is 22.3. The van der Waals surface area contributed by atoms with Crippen molar-refractivity contribution in [2.45, 2.75) is 70.5 Å². The van der Waals surface area contributed by atoms with E-state index in [2.05, 4.69) is 19.6 Å². The van der Waals surface area contributed by atoms with E-state index in [1.54, 1.807) is 6.07 Å². The van der Waals surface area contributed by atoms with Gasteiger partial charge in [-0.25, -0.2) is 0 Å². The van der Waals surface area contributed by atoms with Gasteiger partial charge in [0.15, 0.2) is 0 Å². The Morgan fingerprint density at radius 2 is 1.69 bits per heavy atom. The molecule has 0 bridgehead atoms. The molecule has 1 aromatic rings. The molecule has 0 aliphatic carbocycles. The third-order valence-electron chi connectivity index (χ3n) is 5.91. The van der Waals surface area contributed by atoms with Crippen molar-refractivity contribution in [3.05, 3.63) is 23.8 Å². The van der Waals surface area contributed by atoms with Crippen molar-refractivity contribution < 1.29 is 27.6 Å². The number of amides is 1. The minimum Gasteiger partial charge on any atom is -0.399 e. The van der Waals surface area contributed by atoms with Crippen molar-refractivity contribution >= 4 is 32.2 Å². The van der Waals surface area contributed by atoms with Crippen molar-refractivity contribution in [1.29, 1.82) is 0 Å². The summed E-state index contributed by atoms with van der Waals surface area (Å²) in [6.45, 7) is 14.5. The molecule has 0 unspecified atom stereocenters. The summed E-state index contributed by atoms with van der Waals surface area (Å²) in [6, 6.07) is 5.41. The molecule has 9 heteroatoms. The van der Waals surface area contributed by atoms with Crippen LogP contribution < -0.4 is 10.4 Å². The second kappa shape index (κ2) is 7.15. The Hall–Kier alpha value is -1.29. The lowest BCUT2D eigenvalue weighted by Crippen LogP contribution is -2.41. The third kappa shape index (κ3) is 4.15. The lowest BCUT2D eigenvalue weighted by molar-refractivity contribution is -0.142. The smallest absolute Gasteiger partial charge is 0.399 e. The van der Waals surface area contributed by atoms with Crippen LogP contribution in [0.2, 0.25) is 25.7 Å². The summed E-state index contributed by atoms with van der Waals surface area (Å²) < 4.78 is 46.9. The van der Waals surface area contributed by atoms with Gasteiger partial charge in [0.25, 0.3) is 0 Å². The summed E-state index contributed by atoms with van der Waals surface area (Å²) in [5.41, 5.74) is -0.843. The molecule has 0 spiro atoms. The number of ether oxygens (including phenoxy) is 1. The summed E-state index contributed by atoms with van der Waals surface area (Å²) >= 11 is 0. The van der Waals surface area contributed by atoms with Crippen molar-refractivity contribution in [3.8, 4) is 0 Å². The topological polar surface area (TPSA) is 48.0 Å². The van der Waals surface area contributed by atoms with E-state index in [0.717, 1.165) is 10.9 Å². The van der Waals surface area contributed by atoms with Crippen molar-refractivity contribution in [2.75, 3.05) is 18.2 Å². The molecule has 2 aliphatic heterocycles. The summed E-state index contributed by atoms with van der Waals surface area (Å²) in [7, 11) is -2.07. The number of hydrogen-bond donors (Lipinski definition) is 0. The zero-order valence-electron chi connectivity index (χ0n) is 18.3. The van der Waals surface area contributed by atoms with Crippen LogP contribution in [0, 0.1) is 0 Å². The van der Waals surface area contributed by atoms with Crippen LogP contribution in [0.4, 0.5) is 14.5 Å². The van der Waals surface area contributed by atoms with Crippen molar-refractivity contribution in [3.63, 3.8) is 0 Å². The molecule has 5 nitrogen and oxygen atoms in total. The van der Waals surface area contributed by atoms with E-state index >= 15 is 0 Å². The monoisotopic (exact) mass is 425 g/mol. The Balaban J connectivity index is 1.81. The van der Waals surface area contributed by atoms with E-state index in [9.17, 15) is 13.6 Å². The fraction of sp³-hybridized carbons (Fsp3) is 0.650. The van der Waals surface area contributed by atoms with Crippen LogP contribution in [0.3, 0.4) is 0 Å². The fourth-order valence-corrected chi connectivity index (χ4v) is 3.98. The highest BCUT2D eigenvalue weighted by Gasteiger charge is 2.55. The Morgan fingerprint density at radius 3 is 2.24 bits per heavy atom. The van der Waals surface area contributed by atoms with Gasteiger partial charge in [0, 0.05) is 14.7 Å².